The molecule has 2 rings (SSSR count). The van der Waals surface area contributed by atoms with E-state index in [1.807, 2.05) is 7.05 Å². The van der Waals surface area contributed by atoms with Gasteiger partial charge in [-0.3, -0.25) is 0 Å². The van der Waals surface area contributed by atoms with E-state index in [4.69, 9.17) is 11.6 Å². The lowest BCUT2D eigenvalue weighted by Gasteiger charge is -2.11. The van der Waals surface area contributed by atoms with Gasteiger partial charge in [0.2, 0.25) is 5.13 Å². The van der Waals surface area contributed by atoms with Gasteiger partial charge in [-0.1, -0.05) is 0 Å². The second-order valence-corrected chi connectivity index (χ2v) is 4.43. The first kappa shape index (κ1) is 9.21. The van der Waals surface area contributed by atoms with E-state index in [1.165, 1.54) is 24.4 Å². The molecule has 1 heterocycles. The second-order valence-electron chi connectivity index (χ2n) is 3.32. The summed E-state index contributed by atoms with van der Waals surface area (Å²) in [4.78, 5) is 6.52. The molecule has 72 valence electrons. The predicted octanol–water partition coefficient (Wildman–Crippen LogP) is 2.09. The number of anilines is 1. The molecule has 0 aromatic carbocycles. The predicted molar refractivity (Wildman–Crippen MR) is 55.9 cm³/mol. The molecule has 0 atom stereocenters. The zero-order valence-corrected chi connectivity index (χ0v) is 9.11. The van der Waals surface area contributed by atoms with Gasteiger partial charge in [-0.25, -0.2) is 4.98 Å². The zero-order chi connectivity index (χ0) is 9.26. The number of hydrogen-bond acceptors (Lipinski definition) is 4. The highest BCUT2D eigenvalue weighted by molar-refractivity contribution is 7.09. The molecule has 1 fully saturated rings. The molecule has 0 unspecified atom stereocenters. The molecule has 0 saturated heterocycles. The zero-order valence-electron chi connectivity index (χ0n) is 7.53. The molecular formula is C8H12ClN3S. The van der Waals surface area contributed by atoms with E-state index in [1.54, 1.807) is 0 Å². The summed E-state index contributed by atoms with van der Waals surface area (Å²) in [5.41, 5.74) is 0. The van der Waals surface area contributed by atoms with E-state index in [0.717, 1.165) is 17.5 Å². The van der Waals surface area contributed by atoms with Crippen molar-refractivity contribution in [3.63, 3.8) is 0 Å². The molecule has 1 aromatic heterocycles. The van der Waals surface area contributed by atoms with Gasteiger partial charge in [0.1, 0.15) is 5.82 Å². The Balaban J connectivity index is 2.03. The SMILES string of the molecule is CN(CCCl)c1nc(C2CC2)ns1. The van der Waals surface area contributed by atoms with E-state index in [2.05, 4.69) is 14.3 Å². The summed E-state index contributed by atoms with van der Waals surface area (Å²) in [7, 11) is 2.00. The number of aromatic nitrogens is 2. The van der Waals surface area contributed by atoms with Crippen molar-refractivity contribution >= 4 is 28.3 Å². The number of alkyl halides is 1. The van der Waals surface area contributed by atoms with E-state index >= 15 is 0 Å². The van der Waals surface area contributed by atoms with Gasteiger partial charge >= 0.3 is 0 Å². The van der Waals surface area contributed by atoms with Crippen molar-refractivity contribution in [1.29, 1.82) is 0 Å². The summed E-state index contributed by atoms with van der Waals surface area (Å²) in [6.45, 7) is 0.834. The molecule has 0 N–H and O–H groups in total. The third-order valence-corrected chi connectivity index (χ3v) is 3.13. The molecule has 1 saturated carbocycles. The van der Waals surface area contributed by atoms with Gasteiger partial charge in [-0.2, -0.15) is 4.37 Å². The van der Waals surface area contributed by atoms with Crippen LogP contribution in [0.15, 0.2) is 0 Å². The van der Waals surface area contributed by atoms with Crippen LogP contribution in [0.2, 0.25) is 0 Å². The van der Waals surface area contributed by atoms with E-state index in [0.29, 0.717) is 11.8 Å². The van der Waals surface area contributed by atoms with Gasteiger partial charge < -0.3 is 4.90 Å². The van der Waals surface area contributed by atoms with Crippen LogP contribution < -0.4 is 4.90 Å². The van der Waals surface area contributed by atoms with Gasteiger partial charge in [-0.05, 0) is 12.8 Å². The molecule has 0 bridgehead atoms. The Bertz CT molecular complexity index is 285. The van der Waals surface area contributed by atoms with E-state index < -0.39 is 0 Å². The maximum absolute atomic E-state index is 5.64. The lowest BCUT2D eigenvalue weighted by atomic mass is 10.4. The Kier molecular flexibility index (Phi) is 2.69. The molecule has 0 aliphatic heterocycles. The third-order valence-electron chi connectivity index (χ3n) is 2.12. The van der Waals surface area contributed by atoms with Crippen LogP contribution in [0, 0.1) is 0 Å². The maximum atomic E-state index is 5.64. The summed E-state index contributed by atoms with van der Waals surface area (Å²) in [6, 6.07) is 0. The van der Waals surface area contributed by atoms with Crippen LogP contribution in [0.1, 0.15) is 24.6 Å². The Morgan fingerprint density at radius 2 is 2.38 bits per heavy atom. The van der Waals surface area contributed by atoms with Crippen LogP contribution in [0.25, 0.3) is 0 Å². The van der Waals surface area contributed by atoms with Crippen molar-refractivity contribution in [2.45, 2.75) is 18.8 Å². The molecule has 1 aliphatic carbocycles. The summed E-state index contributed by atoms with van der Waals surface area (Å²) in [5.74, 6) is 2.31. The third kappa shape index (κ3) is 2.11. The lowest BCUT2D eigenvalue weighted by molar-refractivity contribution is 0.928. The Hall–Kier alpha value is -0.350. The normalized spacial score (nSPS) is 16.2. The monoisotopic (exact) mass is 217 g/mol. The fourth-order valence-electron chi connectivity index (χ4n) is 1.11. The topological polar surface area (TPSA) is 29.0 Å². The minimum absolute atomic E-state index is 0.634. The number of halogens is 1. The molecule has 3 nitrogen and oxygen atoms in total. The van der Waals surface area contributed by atoms with Crippen molar-refractivity contribution in [1.82, 2.24) is 9.36 Å². The van der Waals surface area contributed by atoms with E-state index in [9.17, 15) is 0 Å². The Morgan fingerprint density at radius 1 is 1.62 bits per heavy atom. The first-order valence-electron chi connectivity index (χ1n) is 4.42. The fraction of sp³-hybridized carbons (Fsp3) is 0.750. The van der Waals surface area contributed by atoms with Gasteiger partial charge in [0, 0.05) is 36.9 Å². The summed E-state index contributed by atoms with van der Waals surface area (Å²) in [5, 5.41) is 0.988. The molecule has 5 heteroatoms. The maximum Gasteiger partial charge on any atom is 0.204 e. The molecule has 1 aromatic rings. The van der Waals surface area contributed by atoms with Crippen LogP contribution in [0.5, 0.6) is 0 Å². The first-order valence-corrected chi connectivity index (χ1v) is 5.72. The molecule has 0 amide bonds. The highest BCUT2D eigenvalue weighted by Crippen LogP contribution is 2.39. The van der Waals surface area contributed by atoms with Crippen molar-refractivity contribution in [2.75, 3.05) is 24.4 Å². The van der Waals surface area contributed by atoms with Crippen molar-refractivity contribution in [2.24, 2.45) is 0 Å². The molecule has 0 radical (unpaired) electrons. The molecule has 1 aliphatic rings. The minimum atomic E-state index is 0.634. The average molecular weight is 218 g/mol. The Labute approximate surface area is 86.9 Å². The average Bonchev–Trinajstić information content (AvgIpc) is 2.84. The van der Waals surface area contributed by atoms with Crippen molar-refractivity contribution in [3.05, 3.63) is 5.82 Å². The van der Waals surface area contributed by atoms with Crippen molar-refractivity contribution in [3.8, 4) is 0 Å². The number of rotatable bonds is 4. The van der Waals surface area contributed by atoms with Gasteiger partial charge in [0.25, 0.3) is 0 Å². The molecule has 13 heavy (non-hydrogen) atoms. The number of nitrogens with zero attached hydrogens (tertiary/aromatic N) is 3. The van der Waals surface area contributed by atoms with Crippen LogP contribution in [0.3, 0.4) is 0 Å². The largest absolute Gasteiger partial charge is 0.349 e. The molecule has 0 spiro atoms. The molecular weight excluding hydrogens is 206 g/mol. The number of hydrogen-bond donors (Lipinski definition) is 0. The standard InChI is InChI=1S/C8H12ClN3S/c1-12(5-4-9)8-10-7(11-13-8)6-2-3-6/h6H,2-5H2,1H3. The first-order chi connectivity index (χ1) is 6.31. The minimum Gasteiger partial charge on any atom is -0.349 e. The Morgan fingerprint density at radius 3 is 3.00 bits per heavy atom. The summed E-state index contributed by atoms with van der Waals surface area (Å²) >= 11 is 7.11. The van der Waals surface area contributed by atoms with Crippen LogP contribution in [-0.2, 0) is 0 Å². The van der Waals surface area contributed by atoms with Crippen molar-refractivity contribution < 1.29 is 0 Å². The van der Waals surface area contributed by atoms with Gasteiger partial charge in [-0.15, -0.1) is 11.6 Å². The van der Waals surface area contributed by atoms with Crippen LogP contribution >= 0.6 is 23.1 Å². The quantitative estimate of drug-likeness (QED) is 0.724. The van der Waals surface area contributed by atoms with E-state index in [-0.39, 0.29) is 0 Å². The smallest absolute Gasteiger partial charge is 0.204 e. The summed E-state index contributed by atoms with van der Waals surface area (Å²) in [6.07, 6.45) is 2.52. The highest BCUT2D eigenvalue weighted by Gasteiger charge is 2.28. The van der Waals surface area contributed by atoms with Crippen LogP contribution in [0.4, 0.5) is 5.13 Å². The van der Waals surface area contributed by atoms with Crippen LogP contribution in [-0.4, -0.2) is 28.8 Å². The second kappa shape index (κ2) is 3.80. The lowest BCUT2D eigenvalue weighted by Crippen LogP contribution is -2.19. The van der Waals surface area contributed by atoms with Gasteiger partial charge in [0.05, 0.1) is 0 Å². The summed E-state index contributed by atoms with van der Waals surface area (Å²) < 4.78 is 4.33. The fourth-order valence-corrected chi connectivity index (χ4v) is 2.09. The van der Waals surface area contributed by atoms with Gasteiger partial charge in [0.15, 0.2) is 0 Å². The highest BCUT2D eigenvalue weighted by atomic mass is 35.5.